The number of amides is 1. The minimum Gasteiger partial charge on any atom is -0.344 e. The van der Waals surface area contributed by atoms with E-state index in [2.05, 4.69) is 5.32 Å². The Morgan fingerprint density at radius 1 is 1.00 bits per heavy atom. The van der Waals surface area contributed by atoms with E-state index in [1.54, 1.807) is 53.1 Å². The van der Waals surface area contributed by atoms with Crippen molar-refractivity contribution in [3.8, 4) is 0 Å². The first-order valence-electron chi connectivity index (χ1n) is 10.4. The van der Waals surface area contributed by atoms with Gasteiger partial charge in [0.05, 0.1) is 23.2 Å². The number of para-hydroxylation sites is 1. The molecule has 0 aliphatic carbocycles. The number of aromatic nitrogens is 1. The summed E-state index contributed by atoms with van der Waals surface area (Å²) in [6, 6.07) is 22.2. The highest BCUT2D eigenvalue weighted by molar-refractivity contribution is 7.91. The summed E-state index contributed by atoms with van der Waals surface area (Å²) in [6.07, 6.45) is 0.304. The van der Waals surface area contributed by atoms with Crippen molar-refractivity contribution in [2.45, 2.75) is 23.9 Å². The van der Waals surface area contributed by atoms with Crippen LogP contribution in [0.1, 0.15) is 34.1 Å². The molecule has 1 aromatic heterocycles. The predicted octanol–water partition coefficient (Wildman–Crippen LogP) is 4.48. The zero-order valence-corrected chi connectivity index (χ0v) is 18.0. The van der Waals surface area contributed by atoms with E-state index in [0.29, 0.717) is 23.2 Å². The van der Waals surface area contributed by atoms with Crippen LogP contribution < -0.4 is 5.32 Å². The normalized spacial score (nSPS) is 17.1. The van der Waals surface area contributed by atoms with Gasteiger partial charge in [-0.25, -0.2) is 12.8 Å². The second-order valence-electron chi connectivity index (χ2n) is 7.94. The first kappa shape index (κ1) is 20.5. The van der Waals surface area contributed by atoms with Crippen molar-refractivity contribution in [1.29, 1.82) is 0 Å². The Labute approximate surface area is 185 Å². The van der Waals surface area contributed by atoms with E-state index >= 15 is 0 Å². The maximum atomic E-state index is 14.4. The van der Waals surface area contributed by atoms with Crippen LogP contribution in [0.25, 0.3) is 10.9 Å². The van der Waals surface area contributed by atoms with E-state index in [9.17, 15) is 17.6 Å². The molecule has 0 spiro atoms. The maximum Gasteiger partial charge on any atom is 0.268 e. The third-order valence-electron chi connectivity index (χ3n) is 5.94. The molecule has 1 unspecified atom stereocenters. The van der Waals surface area contributed by atoms with Crippen LogP contribution in [-0.4, -0.2) is 24.6 Å². The topological polar surface area (TPSA) is 68.2 Å². The van der Waals surface area contributed by atoms with Crippen LogP contribution in [0.3, 0.4) is 0 Å². The predicted molar refractivity (Wildman–Crippen MR) is 121 cm³/mol. The fraction of sp³-hybridized carbons (Fsp3) is 0.160. The summed E-state index contributed by atoms with van der Waals surface area (Å²) in [6.45, 7) is 0.207. The second-order valence-corrected chi connectivity index (χ2v) is 10.0. The van der Waals surface area contributed by atoms with Gasteiger partial charge in [0.1, 0.15) is 11.5 Å². The van der Waals surface area contributed by atoms with E-state index < -0.39 is 15.9 Å². The van der Waals surface area contributed by atoms with Crippen LogP contribution in [0.15, 0.2) is 83.8 Å². The lowest BCUT2D eigenvalue weighted by molar-refractivity contribution is 0.0926. The summed E-state index contributed by atoms with van der Waals surface area (Å²) in [5, 5.41) is 3.89. The van der Waals surface area contributed by atoms with Crippen LogP contribution in [0.5, 0.6) is 0 Å². The number of halogens is 1. The third kappa shape index (κ3) is 3.58. The fourth-order valence-corrected chi connectivity index (χ4v) is 5.96. The summed E-state index contributed by atoms with van der Waals surface area (Å²) in [5.41, 5.74) is 2.31. The number of fused-ring (bicyclic) bond motifs is 2. The van der Waals surface area contributed by atoms with Gasteiger partial charge in [0.25, 0.3) is 5.91 Å². The lowest BCUT2D eigenvalue weighted by Gasteiger charge is -2.26. The van der Waals surface area contributed by atoms with Gasteiger partial charge >= 0.3 is 0 Å². The van der Waals surface area contributed by atoms with E-state index in [-0.39, 0.29) is 28.9 Å². The summed E-state index contributed by atoms with van der Waals surface area (Å²) in [7, 11) is -3.35. The van der Waals surface area contributed by atoms with Crippen molar-refractivity contribution in [2.24, 2.45) is 0 Å². The number of carbonyl (C=O) groups excluding carboxylic acids is 1. The summed E-state index contributed by atoms with van der Waals surface area (Å²) in [4.78, 5) is 13.6. The zero-order chi connectivity index (χ0) is 22.3. The molecule has 4 aromatic rings. The van der Waals surface area contributed by atoms with Gasteiger partial charge in [-0.3, -0.25) is 4.79 Å². The van der Waals surface area contributed by atoms with Crippen molar-refractivity contribution in [1.82, 2.24) is 9.88 Å². The molecule has 7 heteroatoms. The third-order valence-corrected chi connectivity index (χ3v) is 7.75. The molecular formula is C25H21FN2O3S. The number of hydrogen-bond donors (Lipinski definition) is 1. The number of nitrogens with zero attached hydrogens (tertiary/aromatic N) is 1. The maximum absolute atomic E-state index is 14.4. The van der Waals surface area contributed by atoms with Gasteiger partial charge in [-0.2, -0.15) is 0 Å². The van der Waals surface area contributed by atoms with E-state index in [1.165, 1.54) is 6.07 Å². The molecule has 1 N–H and O–H groups in total. The number of rotatable bonds is 4. The molecule has 0 radical (unpaired) electrons. The molecule has 1 atom stereocenters. The smallest absolute Gasteiger partial charge is 0.268 e. The standard InChI is InChI=1S/C25H21FN2O3S/c26-20-10-4-1-8-18(20)16-28-22-11-5-2-7-17(22)15-23(28)25(29)27-21-13-14-32(30,31)24-12-6-3-9-19(21)24/h1-12,15,21H,13-14,16H2,(H,27,29). The summed E-state index contributed by atoms with van der Waals surface area (Å²) in [5.74, 6) is -0.674. The van der Waals surface area contributed by atoms with Crippen molar-refractivity contribution in [3.05, 3.63) is 102 Å². The molecule has 0 saturated heterocycles. The molecule has 1 amide bonds. The Morgan fingerprint density at radius 3 is 2.56 bits per heavy atom. The van der Waals surface area contributed by atoms with Crippen molar-refractivity contribution < 1.29 is 17.6 Å². The fourth-order valence-electron chi connectivity index (χ4n) is 4.34. The lowest BCUT2D eigenvalue weighted by atomic mass is 10.0. The van der Waals surface area contributed by atoms with Gasteiger partial charge in [-0.1, -0.05) is 54.6 Å². The Balaban J connectivity index is 1.53. The quantitative estimate of drug-likeness (QED) is 0.501. The Kier molecular flexibility index (Phi) is 5.06. The zero-order valence-electron chi connectivity index (χ0n) is 17.2. The summed E-state index contributed by atoms with van der Waals surface area (Å²) < 4.78 is 41.0. The minimum atomic E-state index is -3.35. The molecule has 1 aliphatic heterocycles. The van der Waals surface area contributed by atoms with Crippen molar-refractivity contribution in [2.75, 3.05) is 5.75 Å². The Morgan fingerprint density at radius 2 is 1.72 bits per heavy atom. The number of benzene rings is 3. The second kappa shape index (κ2) is 7.91. The Hall–Kier alpha value is -3.45. The van der Waals surface area contributed by atoms with Crippen LogP contribution in [-0.2, 0) is 16.4 Å². The highest BCUT2D eigenvalue weighted by atomic mass is 32.2. The molecule has 0 bridgehead atoms. The summed E-state index contributed by atoms with van der Waals surface area (Å²) >= 11 is 0. The molecule has 0 fully saturated rings. The van der Waals surface area contributed by atoms with E-state index in [4.69, 9.17) is 0 Å². The number of sulfone groups is 1. The van der Waals surface area contributed by atoms with Crippen LogP contribution in [0, 0.1) is 5.82 Å². The monoisotopic (exact) mass is 448 g/mol. The molecule has 2 heterocycles. The molecule has 162 valence electrons. The van der Waals surface area contributed by atoms with Gasteiger partial charge in [-0.15, -0.1) is 0 Å². The average Bonchev–Trinajstić information content (AvgIpc) is 3.16. The van der Waals surface area contributed by atoms with E-state index in [0.717, 1.165) is 10.9 Å². The van der Waals surface area contributed by atoms with E-state index in [1.807, 2.05) is 24.3 Å². The Bertz CT molecular complexity index is 1440. The molecule has 5 nitrogen and oxygen atoms in total. The number of nitrogens with one attached hydrogen (secondary N) is 1. The molecule has 32 heavy (non-hydrogen) atoms. The molecule has 3 aromatic carbocycles. The van der Waals surface area contributed by atoms with Gasteiger partial charge < -0.3 is 9.88 Å². The average molecular weight is 449 g/mol. The minimum absolute atomic E-state index is 0.0207. The number of carbonyl (C=O) groups is 1. The van der Waals surface area contributed by atoms with Gasteiger partial charge in [-0.05, 0) is 36.2 Å². The molecular weight excluding hydrogens is 427 g/mol. The SMILES string of the molecule is O=C(NC1CCS(=O)(=O)c2ccccc21)c1cc2ccccc2n1Cc1ccccc1F. The highest BCUT2D eigenvalue weighted by Gasteiger charge is 2.31. The lowest BCUT2D eigenvalue weighted by Crippen LogP contribution is -2.34. The highest BCUT2D eigenvalue weighted by Crippen LogP contribution is 2.32. The van der Waals surface area contributed by atoms with Crippen LogP contribution in [0.4, 0.5) is 4.39 Å². The van der Waals surface area contributed by atoms with Crippen molar-refractivity contribution >= 4 is 26.6 Å². The van der Waals surface area contributed by atoms with Gasteiger partial charge in [0.2, 0.25) is 0 Å². The van der Waals surface area contributed by atoms with Crippen LogP contribution >= 0.6 is 0 Å². The van der Waals surface area contributed by atoms with Gasteiger partial charge in [0, 0.05) is 16.5 Å². The first-order valence-corrected chi connectivity index (χ1v) is 12.0. The number of hydrogen-bond acceptors (Lipinski definition) is 3. The first-order chi connectivity index (χ1) is 15.4. The van der Waals surface area contributed by atoms with Crippen molar-refractivity contribution in [3.63, 3.8) is 0 Å². The van der Waals surface area contributed by atoms with Crippen LogP contribution in [0.2, 0.25) is 0 Å². The molecule has 0 saturated carbocycles. The molecule has 5 rings (SSSR count). The molecule has 1 aliphatic rings. The largest absolute Gasteiger partial charge is 0.344 e. The van der Waals surface area contributed by atoms with Gasteiger partial charge in [0.15, 0.2) is 9.84 Å².